The van der Waals surface area contributed by atoms with Crippen molar-refractivity contribution in [3.63, 3.8) is 0 Å². The van der Waals surface area contributed by atoms with Crippen LogP contribution < -0.4 is 19.4 Å². The summed E-state index contributed by atoms with van der Waals surface area (Å²) in [5.74, 6) is -0.944. The van der Waals surface area contributed by atoms with Gasteiger partial charge in [0.25, 0.3) is 0 Å². The molecule has 238 valence electrons. The number of aromatic nitrogens is 2. The second-order valence-corrected chi connectivity index (χ2v) is 12.3. The number of carbonyl (C=O) groups is 3. The molecule has 0 amide bonds. The standard InChI is InChI=1S/C30H39N4O9P/c1-19(2)40-28(35)22(6)32-44(38,33-23(7)29(36)41-20(3)4)43-26-15-13-24(14-16-26)18-39-30(37)42-27-17-21(5)31-34(27)25-11-9-8-10-12-25/h8-17,19-20,22-23H,18H2,1-7H3,(H2,32,33,38). The van der Waals surface area contributed by atoms with Gasteiger partial charge in [-0.1, -0.05) is 30.3 Å². The average molecular weight is 631 g/mol. The van der Waals surface area contributed by atoms with Crippen molar-refractivity contribution >= 4 is 25.8 Å². The number of para-hydroxylation sites is 1. The SMILES string of the molecule is Cc1cc(OC(=O)OCc2ccc(OP(=O)(NC(C)C(=O)OC(C)C)NC(C)C(=O)OC(C)C)cc2)n(-c2ccccc2)n1. The average Bonchev–Trinajstić information content (AvgIpc) is 3.31. The topological polar surface area (TPSA) is 156 Å². The first-order chi connectivity index (χ1) is 20.7. The fourth-order valence-corrected chi connectivity index (χ4v) is 5.56. The molecule has 0 aliphatic rings. The Morgan fingerprint density at radius 2 is 1.39 bits per heavy atom. The van der Waals surface area contributed by atoms with Gasteiger partial charge in [0.05, 0.1) is 23.6 Å². The molecule has 0 radical (unpaired) electrons. The number of aryl methyl sites for hydroxylation is 1. The molecule has 0 saturated carbocycles. The van der Waals surface area contributed by atoms with E-state index in [1.165, 1.54) is 30.7 Å². The van der Waals surface area contributed by atoms with Gasteiger partial charge < -0.3 is 23.5 Å². The molecule has 0 aliphatic heterocycles. The number of carbonyl (C=O) groups excluding carboxylic acids is 3. The zero-order chi connectivity index (χ0) is 32.4. The molecule has 3 aromatic rings. The Balaban J connectivity index is 1.66. The lowest BCUT2D eigenvalue weighted by molar-refractivity contribution is -0.149. The summed E-state index contributed by atoms with van der Waals surface area (Å²) < 4.78 is 42.1. The van der Waals surface area contributed by atoms with Crippen LogP contribution in [0.5, 0.6) is 11.6 Å². The van der Waals surface area contributed by atoms with Gasteiger partial charge in [0, 0.05) is 6.07 Å². The Bertz CT molecular complexity index is 1420. The number of esters is 2. The molecule has 0 fully saturated rings. The van der Waals surface area contributed by atoms with Crippen molar-refractivity contribution < 1.29 is 42.4 Å². The first-order valence-corrected chi connectivity index (χ1v) is 15.7. The van der Waals surface area contributed by atoms with E-state index in [2.05, 4.69) is 15.3 Å². The molecular formula is C30H39N4O9P. The molecule has 13 nitrogen and oxygen atoms in total. The van der Waals surface area contributed by atoms with Crippen molar-refractivity contribution in [1.82, 2.24) is 20.0 Å². The Kier molecular flexibility index (Phi) is 12.1. The maximum atomic E-state index is 13.8. The van der Waals surface area contributed by atoms with Crippen molar-refractivity contribution in [2.24, 2.45) is 0 Å². The van der Waals surface area contributed by atoms with E-state index in [1.54, 1.807) is 52.8 Å². The van der Waals surface area contributed by atoms with E-state index in [1.807, 2.05) is 30.3 Å². The van der Waals surface area contributed by atoms with Crippen LogP contribution in [0.3, 0.4) is 0 Å². The third-order valence-electron chi connectivity index (χ3n) is 5.64. The van der Waals surface area contributed by atoms with E-state index in [4.69, 9.17) is 23.5 Å². The van der Waals surface area contributed by atoms with Crippen molar-refractivity contribution in [2.45, 2.75) is 79.4 Å². The number of rotatable bonds is 14. The second-order valence-electron chi connectivity index (χ2n) is 10.5. The maximum Gasteiger partial charge on any atom is 0.515 e. The van der Waals surface area contributed by atoms with Gasteiger partial charge in [-0.25, -0.2) is 24.2 Å². The lowest BCUT2D eigenvalue weighted by Gasteiger charge is -2.26. The summed E-state index contributed by atoms with van der Waals surface area (Å²) in [4.78, 5) is 37.2. The molecule has 1 aromatic heterocycles. The highest BCUT2D eigenvalue weighted by atomic mass is 31.2. The molecule has 2 aromatic carbocycles. The number of nitrogens with zero attached hydrogens (tertiary/aromatic N) is 2. The number of hydrogen-bond acceptors (Lipinski definition) is 10. The predicted octanol–water partition coefficient (Wildman–Crippen LogP) is 5.24. The van der Waals surface area contributed by atoms with E-state index in [0.29, 0.717) is 11.3 Å². The summed E-state index contributed by atoms with van der Waals surface area (Å²) in [6.45, 7) is 11.3. The zero-order valence-electron chi connectivity index (χ0n) is 25.8. The minimum Gasteiger partial charge on any atom is -0.462 e. The monoisotopic (exact) mass is 630 g/mol. The number of nitrogens with one attached hydrogen (secondary N) is 2. The highest BCUT2D eigenvalue weighted by Crippen LogP contribution is 2.40. The summed E-state index contributed by atoms with van der Waals surface area (Å²) >= 11 is 0. The van der Waals surface area contributed by atoms with Gasteiger partial charge >= 0.3 is 25.8 Å². The molecule has 3 rings (SSSR count). The van der Waals surface area contributed by atoms with Crippen molar-refractivity contribution in [3.05, 3.63) is 71.9 Å². The number of benzene rings is 2. The molecule has 0 saturated heterocycles. The van der Waals surface area contributed by atoms with Crippen molar-refractivity contribution in [1.29, 1.82) is 0 Å². The zero-order valence-corrected chi connectivity index (χ0v) is 26.7. The Morgan fingerprint density at radius 3 is 1.91 bits per heavy atom. The lowest BCUT2D eigenvalue weighted by atomic mass is 10.2. The predicted molar refractivity (Wildman–Crippen MR) is 161 cm³/mol. The first-order valence-electron chi connectivity index (χ1n) is 14.1. The van der Waals surface area contributed by atoms with E-state index < -0.39 is 37.8 Å². The van der Waals surface area contributed by atoms with Crippen LogP contribution in [-0.2, 0) is 35.0 Å². The van der Waals surface area contributed by atoms with Gasteiger partial charge in [-0.2, -0.15) is 5.10 Å². The molecule has 2 unspecified atom stereocenters. The smallest absolute Gasteiger partial charge is 0.462 e. The van der Waals surface area contributed by atoms with Crippen LogP contribution in [0, 0.1) is 6.92 Å². The second kappa shape index (κ2) is 15.5. The van der Waals surface area contributed by atoms with E-state index in [9.17, 15) is 18.9 Å². The van der Waals surface area contributed by atoms with Crippen LogP contribution in [0.25, 0.3) is 5.69 Å². The van der Waals surface area contributed by atoms with Gasteiger partial charge in [0.15, 0.2) is 0 Å². The summed E-state index contributed by atoms with van der Waals surface area (Å²) in [6, 6.07) is 14.9. The fourth-order valence-electron chi connectivity index (χ4n) is 3.73. The Labute approximate surface area is 256 Å². The molecule has 14 heteroatoms. The normalized spacial score (nSPS) is 13.9. The molecule has 0 aliphatic carbocycles. The van der Waals surface area contributed by atoms with Crippen LogP contribution in [0.1, 0.15) is 52.8 Å². The van der Waals surface area contributed by atoms with E-state index in [0.717, 1.165) is 5.69 Å². The van der Waals surface area contributed by atoms with Gasteiger partial charge in [0.2, 0.25) is 5.88 Å². The molecule has 1 heterocycles. The molecule has 0 spiro atoms. The van der Waals surface area contributed by atoms with Crippen LogP contribution >= 0.6 is 7.67 Å². The highest BCUT2D eigenvalue weighted by Gasteiger charge is 2.34. The third-order valence-corrected chi connectivity index (χ3v) is 7.56. The van der Waals surface area contributed by atoms with Gasteiger partial charge in [0.1, 0.15) is 24.4 Å². The highest BCUT2D eigenvalue weighted by molar-refractivity contribution is 7.55. The summed E-state index contributed by atoms with van der Waals surface area (Å²) in [7, 11) is -4.08. The van der Waals surface area contributed by atoms with Crippen molar-refractivity contribution in [2.75, 3.05) is 0 Å². The summed E-state index contributed by atoms with van der Waals surface area (Å²) in [5.41, 5.74) is 1.96. The van der Waals surface area contributed by atoms with Gasteiger partial charge in [-0.05, 0) is 78.3 Å². The van der Waals surface area contributed by atoms with Gasteiger partial charge in [-0.15, -0.1) is 0 Å². The molecule has 2 atom stereocenters. The van der Waals surface area contributed by atoms with Crippen LogP contribution in [0.2, 0.25) is 0 Å². The van der Waals surface area contributed by atoms with Crippen LogP contribution in [0.15, 0.2) is 60.7 Å². The van der Waals surface area contributed by atoms with E-state index in [-0.39, 0.29) is 30.4 Å². The fraction of sp³-hybridized carbons (Fsp3) is 0.400. The van der Waals surface area contributed by atoms with Crippen molar-refractivity contribution in [3.8, 4) is 17.3 Å². The lowest BCUT2D eigenvalue weighted by Crippen LogP contribution is -2.43. The molecule has 0 bridgehead atoms. The summed E-state index contributed by atoms with van der Waals surface area (Å²) in [6.07, 6.45) is -1.70. The Morgan fingerprint density at radius 1 is 0.841 bits per heavy atom. The summed E-state index contributed by atoms with van der Waals surface area (Å²) in [5, 5.41) is 9.61. The van der Waals surface area contributed by atoms with Crippen LogP contribution in [-0.4, -0.2) is 52.2 Å². The molecule has 44 heavy (non-hydrogen) atoms. The minimum absolute atomic E-state index is 0.123. The quantitative estimate of drug-likeness (QED) is 0.136. The minimum atomic E-state index is -4.08. The maximum absolute atomic E-state index is 13.8. The number of ether oxygens (including phenoxy) is 4. The number of hydrogen-bond donors (Lipinski definition) is 2. The largest absolute Gasteiger partial charge is 0.515 e. The Hall–Kier alpha value is -4.19. The first kappa shape index (κ1) is 34.3. The molecular weight excluding hydrogens is 591 g/mol. The van der Waals surface area contributed by atoms with Crippen LogP contribution in [0.4, 0.5) is 4.79 Å². The van der Waals surface area contributed by atoms with E-state index >= 15 is 0 Å². The third kappa shape index (κ3) is 10.5. The van der Waals surface area contributed by atoms with Gasteiger partial charge in [-0.3, -0.25) is 9.59 Å². The molecule has 2 N–H and O–H groups in total.